The lowest BCUT2D eigenvalue weighted by molar-refractivity contribution is 0.619. The number of oxazole rings is 1. The van der Waals surface area contributed by atoms with E-state index in [0.717, 1.165) is 30.4 Å². The Labute approximate surface area is 147 Å². The molecule has 0 fully saturated rings. The quantitative estimate of drug-likeness (QED) is 0.410. The monoisotopic (exact) mass is 466 g/mol. The van der Waals surface area contributed by atoms with Gasteiger partial charge in [0.1, 0.15) is 18.2 Å². The summed E-state index contributed by atoms with van der Waals surface area (Å²) in [5, 5.41) is 7.63. The normalized spacial score (nSPS) is 11.2. The molecule has 0 aliphatic rings. The molecule has 0 saturated carbocycles. The van der Waals surface area contributed by atoms with Crippen molar-refractivity contribution in [1.29, 1.82) is 0 Å². The van der Waals surface area contributed by atoms with Crippen LogP contribution in [0.25, 0.3) is 28.2 Å². The van der Waals surface area contributed by atoms with Gasteiger partial charge in [0.15, 0.2) is 5.58 Å². The van der Waals surface area contributed by atoms with E-state index in [9.17, 15) is 0 Å². The van der Waals surface area contributed by atoms with Crippen LogP contribution in [0.1, 0.15) is 0 Å². The van der Waals surface area contributed by atoms with E-state index in [1.807, 2.05) is 41.0 Å². The van der Waals surface area contributed by atoms with Gasteiger partial charge in [0.2, 0.25) is 5.89 Å². The van der Waals surface area contributed by atoms with Gasteiger partial charge in [0.05, 0.1) is 11.3 Å². The summed E-state index contributed by atoms with van der Waals surface area (Å²) >= 11 is 5.82. The van der Waals surface area contributed by atoms with E-state index < -0.39 is 0 Å². The zero-order valence-corrected chi connectivity index (χ0v) is 14.8. The Morgan fingerprint density at radius 2 is 1.86 bits per heavy atom. The number of nitrogens with zero attached hydrogens (tertiary/aromatic N) is 4. The molecular weight excluding hydrogens is 459 g/mol. The predicted octanol–water partition coefficient (Wildman–Crippen LogP) is 4.44. The molecule has 0 N–H and O–H groups in total. The number of hydrogen-bond acceptors (Lipinski definition) is 4. The zero-order valence-electron chi connectivity index (χ0n) is 11.1. The smallest absolute Gasteiger partial charge is 0.228 e. The topological polar surface area (TPSA) is 56.7 Å². The molecule has 0 aliphatic carbocycles. The van der Waals surface area contributed by atoms with Crippen LogP contribution in [0.5, 0.6) is 0 Å². The molecule has 0 bridgehead atoms. The van der Waals surface area contributed by atoms with Crippen LogP contribution in [0.3, 0.4) is 0 Å². The van der Waals surface area contributed by atoms with Crippen LogP contribution >= 0.6 is 38.5 Å². The summed E-state index contributed by atoms with van der Waals surface area (Å²) in [6, 6.07) is 11.9. The lowest BCUT2D eigenvalue weighted by atomic mass is 10.2. The van der Waals surface area contributed by atoms with Crippen LogP contribution in [0, 0.1) is 3.57 Å². The molecule has 0 saturated heterocycles. The average molecular weight is 467 g/mol. The maximum Gasteiger partial charge on any atom is 0.228 e. The van der Waals surface area contributed by atoms with Gasteiger partial charge in [-0.2, -0.15) is 0 Å². The Balaban J connectivity index is 1.85. The van der Waals surface area contributed by atoms with E-state index in [1.165, 1.54) is 0 Å². The van der Waals surface area contributed by atoms with Crippen LogP contribution in [0.2, 0.25) is 0 Å². The second-order valence-electron chi connectivity index (χ2n) is 4.66. The van der Waals surface area contributed by atoms with Gasteiger partial charge in [0, 0.05) is 8.04 Å². The van der Waals surface area contributed by atoms with Crippen molar-refractivity contribution in [3.63, 3.8) is 0 Å². The molecular formula is C15H8BrIN4O. The van der Waals surface area contributed by atoms with Gasteiger partial charge in [-0.15, -0.1) is 10.2 Å². The van der Waals surface area contributed by atoms with Crippen LogP contribution in [0.4, 0.5) is 0 Å². The van der Waals surface area contributed by atoms with Crippen LogP contribution in [-0.2, 0) is 0 Å². The molecule has 0 aliphatic heterocycles. The summed E-state index contributed by atoms with van der Waals surface area (Å²) in [4.78, 5) is 4.60. The first-order valence-corrected chi connectivity index (χ1v) is 8.29. The highest BCUT2D eigenvalue weighted by Gasteiger charge is 2.12. The second kappa shape index (κ2) is 5.47. The molecule has 4 aromatic rings. The van der Waals surface area contributed by atoms with E-state index in [1.54, 1.807) is 12.7 Å². The number of halogens is 2. The summed E-state index contributed by atoms with van der Waals surface area (Å²) in [5.74, 6) is 0.598. The summed E-state index contributed by atoms with van der Waals surface area (Å²) < 4.78 is 9.79. The molecule has 2 aromatic heterocycles. The van der Waals surface area contributed by atoms with Crippen LogP contribution in [-0.4, -0.2) is 19.7 Å². The van der Waals surface area contributed by atoms with Gasteiger partial charge in [0.25, 0.3) is 0 Å². The Bertz CT molecular complexity index is 965. The fourth-order valence-electron chi connectivity index (χ4n) is 2.19. The van der Waals surface area contributed by atoms with Crippen molar-refractivity contribution in [3.8, 4) is 17.1 Å². The molecule has 2 aromatic carbocycles. The molecule has 2 heterocycles. The van der Waals surface area contributed by atoms with E-state index in [0.29, 0.717) is 5.89 Å². The Kier molecular flexibility index (Phi) is 3.45. The lowest BCUT2D eigenvalue weighted by Crippen LogP contribution is -1.89. The molecule has 5 nitrogen and oxygen atoms in total. The highest BCUT2D eigenvalue weighted by atomic mass is 127. The number of benzene rings is 2. The third-order valence-corrected chi connectivity index (χ3v) is 4.61. The van der Waals surface area contributed by atoms with Crippen molar-refractivity contribution in [2.24, 2.45) is 0 Å². The minimum atomic E-state index is 0.598. The largest absolute Gasteiger partial charge is 0.436 e. The zero-order chi connectivity index (χ0) is 15.1. The minimum Gasteiger partial charge on any atom is -0.436 e. The van der Waals surface area contributed by atoms with Gasteiger partial charge < -0.3 is 4.42 Å². The Morgan fingerprint density at radius 3 is 2.68 bits per heavy atom. The van der Waals surface area contributed by atoms with Crippen molar-refractivity contribution in [2.45, 2.75) is 0 Å². The summed E-state index contributed by atoms with van der Waals surface area (Å²) in [5.41, 5.74) is 3.43. The number of aromatic nitrogens is 4. The summed E-state index contributed by atoms with van der Waals surface area (Å²) in [6.07, 6.45) is 3.30. The van der Waals surface area contributed by atoms with Gasteiger partial charge in [-0.25, -0.2) is 4.98 Å². The molecule has 0 amide bonds. The van der Waals surface area contributed by atoms with Gasteiger partial charge in [-0.1, -0.05) is 0 Å². The molecule has 0 unspecified atom stereocenters. The van der Waals surface area contributed by atoms with Gasteiger partial charge in [-0.3, -0.25) is 4.57 Å². The van der Waals surface area contributed by atoms with Crippen molar-refractivity contribution < 1.29 is 4.42 Å². The first kappa shape index (κ1) is 13.9. The SMILES string of the molecule is Brc1ccc(I)cc1-c1nc2cc(-n3cnnc3)ccc2o1. The maximum atomic E-state index is 5.88. The maximum absolute atomic E-state index is 5.88. The number of fused-ring (bicyclic) bond motifs is 1. The Hall–Kier alpha value is -1.74. The summed E-state index contributed by atoms with van der Waals surface area (Å²) in [6.45, 7) is 0. The third kappa shape index (κ3) is 2.44. The van der Waals surface area contributed by atoms with Crippen LogP contribution < -0.4 is 0 Å². The average Bonchev–Trinajstić information content (AvgIpc) is 3.17. The van der Waals surface area contributed by atoms with E-state index in [4.69, 9.17) is 4.42 Å². The number of hydrogen-bond donors (Lipinski definition) is 0. The molecule has 7 heteroatoms. The van der Waals surface area contributed by atoms with E-state index in [2.05, 4.69) is 53.7 Å². The first-order valence-electron chi connectivity index (χ1n) is 6.42. The molecule has 4 rings (SSSR count). The van der Waals surface area contributed by atoms with E-state index in [-0.39, 0.29) is 0 Å². The van der Waals surface area contributed by atoms with Crippen molar-refractivity contribution in [3.05, 3.63) is 57.1 Å². The highest BCUT2D eigenvalue weighted by Crippen LogP contribution is 2.32. The first-order chi connectivity index (χ1) is 10.7. The fourth-order valence-corrected chi connectivity index (χ4v) is 3.09. The predicted molar refractivity (Wildman–Crippen MR) is 94.8 cm³/mol. The minimum absolute atomic E-state index is 0.598. The van der Waals surface area contributed by atoms with Crippen molar-refractivity contribution >= 4 is 49.6 Å². The number of rotatable bonds is 2. The molecule has 108 valence electrons. The fraction of sp³-hybridized carbons (Fsp3) is 0. The third-order valence-electron chi connectivity index (χ3n) is 3.25. The van der Waals surface area contributed by atoms with Crippen molar-refractivity contribution in [2.75, 3.05) is 0 Å². The standard InChI is InChI=1S/C15H8BrIN4O/c16-12-3-1-9(17)5-11(12)15-20-13-6-10(2-4-14(13)22-15)21-7-18-19-8-21/h1-8H. The summed E-state index contributed by atoms with van der Waals surface area (Å²) in [7, 11) is 0. The van der Waals surface area contributed by atoms with Crippen molar-refractivity contribution in [1.82, 2.24) is 19.7 Å². The van der Waals surface area contributed by atoms with Gasteiger partial charge in [-0.05, 0) is 74.9 Å². The van der Waals surface area contributed by atoms with Crippen LogP contribution in [0.15, 0.2) is 57.9 Å². The Morgan fingerprint density at radius 1 is 1.05 bits per heavy atom. The molecule has 22 heavy (non-hydrogen) atoms. The molecule has 0 atom stereocenters. The molecule has 0 radical (unpaired) electrons. The lowest BCUT2D eigenvalue weighted by Gasteiger charge is -1.99. The second-order valence-corrected chi connectivity index (χ2v) is 6.76. The molecule has 0 spiro atoms. The van der Waals surface area contributed by atoms with E-state index >= 15 is 0 Å². The highest BCUT2D eigenvalue weighted by molar-refractivity contribution is 14.1. The van der Waals surface area contributed by atoms with Gasteiger partial charge >= 0.3 is 0 Å².